The van der Waals surface area contributed by atoms with E-state index in [0.29, 0.717) is 30.0 Å². The van der Waals surface area contributed by atoms with Crippen molar-refractivity contribution in [3.8, 4) is 11.5 Å². The van der Waals surface area contributed by atoms with E-state index >= 15 is 0 Å². The Labute approximate surface area is 483 Å². The summed E-state index contributed by atoms with van der Waals surface area (Å²) >= 11 is 0. The van der Waals surface area contributed by atoms with Gasteiger partial charge in [-0.3, -0.25) is 33.6 Å². The number of nitrogens with two attached hydrogens (primary N) is 2. The summed E-state index contributed by atoms with van der Waals surface area (Å²) in [5.74, 6) is 0.0767. The van der Waals surface area contributed by atoms with Gasteiger partial charge in [0.05, 0.1) is 25.2 Å². The van der Waals surface area contributed by atoms with Crippen molar-refractivity contribution in [2.24, 2.45) is 22.8 Å². The van der Waals surface area contributed by atoms with Crippen molar-refractivity contribution in [3.63, 3.8) is 0 Å². The van der Waals surface area contributed by atoms with Crippen molar-refractivity contribution in [2.75, 3.05) is 53.9 Å². The van der Waals surface area contributed by atoms with Crippen LogP contribution in [0.2, 0.25) is 0 Å². The molecule has 0 bridgehead atoms. The number of phenols is 2. The molecule has 12 N–H and O–H groups in total. The first-order chi connectivity index (χ1) is 38.5. The van der Waals surface area contributed by atoms with Gasteiger partial charge in [0.25, 0.3) is 5.91 Å². The Hall–Kier alpha value is -6.90. The zero-order chi connectivity index (χ0) is 61.8. The molecule has 2 heterocycles. The molecule has 7 amide bonds. The molecule has 2 fully saturated rings. The van der Waals surface area contributed by atoms with Crippen molar-refractivity contribution in [3.05, 3.63) is 94.0 Å². The third kappa shape index (κ3) is 27.4. The molecule has 0 spiro atoms. The molecule has 5 atom stereocenters. The number of nitrogens with one attached hydrogen (secondary N) is 6. The number of amides is 7. The second-order valence-electron chi connectivity index (χ2n) is 21.4. The smallest absolute Gasteiger partial charge is 0.251 e. The first kappa shape index (κ1) is 74.1. The summed E-state index contributed by atoms with van der Waals surface area (Å²) in [4.78, 5) is 94.2. The standard InChI is InChI=1S/C22H33N5O4.C11H13NO2.C10H19N3O2.C10H12O.C4H10.C2H6.CH5N.CH2O/c1-13-9-16(25-20(30)15-8-6-7-14(10-15)19(23)29)12-27(13)21(31)18(22(2,3)4)26-17(28)11-24-5;13-7-12-11-3-1-2-8-6-9(14)4-5-10(8)11;1-8(11-2)10(15)12-7-9(14)13-5-3-4-6-13;11-10-6-5-8-3-1-2-4-9(8)7-10;1-4(2)3;3*1-2/h6-8,10,13,16,18,24H,9,11-12H2,1-5H3,(H2,23,29)(H,25,30)(H,26,28);4-7,11,14H,1-3H2,(H,12,13);8,11H,3-7H2,1-2H3,(H,12,15);5-7,11H,1-4H2;4H,1-3H3;1-2H3;2H2,1H3;1H2. The number of rotatable bonds is 13. The number of likely N-dealkylation sites (N-methyl/N-ethyl adjacent to an activating group) is 2. The molecule has 2 aliphatic carbocycles. The Morgan fingerprint density at radius 1 is 0.778 bits per heavy atom. The number of hydrogen-bond donors (Lipinski definition) is 10. The molecular formula is C61H100N10O10. The Balaban J connectivity index is 0.00000107. The predicted octanol–water partition coefficient (Wildman–Crippen LogP) is 5.45. The maximum absolute atomic E-state index is 13.3. The average molecular weight is 1130 g/mol. The highest BCUT2D eigenvalue weighted by atomic mass is 16.3. The summed E-state index contributed by atoms with van der Waals surface area (Å²) < 4.78 is 0. The van der Waals surface area contributed by atoms with Gasteiger partial charge in [-0.05, 0) is 175 Å². The Morgan fingerprint density at radius 3 is 1.89 bits per heavy atom. The predicted molar refractivity (Wildman–Crippen MR) is 321 cm³/mol. The van der Waals surface area contributed by atoms with Crippen molar-refractivity contribution in [2.45, 2.75) is 164 Å². The van der Waals surface area contributed by atoms with E-state index in [1.54, 1.807) is 67.2 Å². The monoisotopic (exact) mass is 1130 g/mol. The first-order valence-corrected chi connectivity index (χ1v) is 28.4. The Morgan fingerprint density at radius 2 is 1.33 bits per heavy atom. The molecule has 4 aliphatic rings. The van der Waals surface area contributed by atoms with Gasteiger partial charge in [0, 0.05) is 42.8 Å². The van der Waals surface area contributed by atoms with Crippen LogP contribution in [0, 0.1) is 11.3 Å². The van der Waals surface area contributed by atoms with Crippen LogP contribution in [-0.4, -0.2) is 147 Å². The Kier molecular flexibility index (Phi) is 36.9. The van der Waals surface area contributed by atoms with Gasteiger partial charge in [-0.1, -0.05) is 73.6 Å². The second-order valence-corrected chi connectivity index (χ2v) is 21.4. The lowest BCUT2D eigenvalue weighted by Gasteiger charge is -2.35. The first-order valence-electron chi connectivity index (χ1n) is 28.4. The van der Waals surface area contributed by atoms with Crippen LogP contribution in [0.4, 0.5) is 0 Å². The third-order valence-electron chi connectivity index (χ3n) is 13.1. The highest BCUT2D eigenvalue weighted by Crippen LogP contribution is 2.32. The van der Waals surface area contributed by atoms with Crippen LogP contribution >= 0.6 is 0 Å². The van der Waals surface area contributed by atoms with Gasteiger partial charge in [-0.15, -0.1) is 0 Å². The van der Waals surface area contributed by atoms with E-state index in [4.69, 9.17) is 10.5 Å². The molecular weight excluding hydrogens is 1030 g/mol. The van der Waals surface area contributed by atoms with Gasteiger partial charge in [-0.2, -0.15) is 0 Å². The van der Waals surface area contributed by atoms with Crippen molar-refractivity contribution in [1.82, 2.24) is 41.7 Å². The van der Waals surface area contributed by atoms with Crippen LogP contribution in [0.25, 0.3) is 0 Å². The highest BCUT2D eigenvalue weighted by Gasteiger charge is 2.41. The molecule has 0 radical (unpaired) electrons. The molecule has 454 valence electrons. The van der Waals surface area contributed by atoms with Gasteiger partial charge in [0.2, 0.25) is 35.9 Å². The summed E-state index contributed by atoms with van der Waals surface area (Å²) in [5.41, 5.74) is 15.0. The van der Waals surface area contributed by atoms with E-state index in [0.717, 1.165) is 75.1 Å². The van der Waals surface area contributed by atoms with Crippen LogP contribution in [0.3, 0.4) is 0 Å². The number of aromatic hydroxyl groups is 2. The van der Waals surface area contributed by atoms with Gasteiger partial charge in [-0.25, -0.2) is 0 Å². The van der Waals surface area contributed by atoms with E-state index in [1.807, 2.05) is 66.5 Å². The highest BCUT2D eigenvalue weighted by molar-refractivity contribution is 5.99. The van der Waals surface area contributed by atoms with Crippen molar-refractivity contribution < 1.29 is 48.6 Å². The quantitative estimate of drug-likeness (QED) is 0.0954. The zero-order valence-electron chi connectivity index (χ0n) is 50.8. The fourth-order valence-corrected chi connectivity index (χ4v) is 9.01. The fraction of sp³-hybridized carbons (Fsp3) is 0.574. The number of nitrogens with zero attached hydrogens (tertiary/aromatic N) is 2. The van der Waals surface area contributed by atoms with Gasteiger partial charge in [0.1, 0.15) is 24.3 Å². The van der Waals surface area contributed by atoms with Gasteiger partial charge in [0.15, 0.2) is 0 Å². The van der Waals surface area contributed by atoms with Crippen LogP contribution in [0.5, 0.6) is 11.5 Å². The lowest BCUT2D eigenvalue weighted by atomic mass is 9.85. The number of aryl methyl sites for hydroxylation is 3. The molecule has 7 rings (SSSR count). The molecule has 20 heteroatoms. The van der Waals surface area contributed by atoms with Crippen LogP contribution in [-0.2, 0) is 48.0 Å². The van der Waals surface area contributed by atoms with Crippen molar-refractivity contribution in [1.29, 1.82) is 0 Å². The van der Waals surface area contributed by atoms with Crippen LogP contribution < -0.4 is 43.4 Å². The molecule has 2 aliphatic heterocycles. The van der Waals surface area contributed by atoms with E-state index in [9.17, 15) is 43.8 Å². The number of primary amides is 1. The minimum atomic E-state index is -0.683. The van der Waals surface area contributed by atoms with Crippen LogP contribution in [0.15, 0.2) is 60.7 Å². The van der Waals surface area contributed by atoms with E-state index in [2.05, 4.69) is 58.4 Å². The topological polar surface area (TPSA) is 308 Å². The van der Waals surface area contributed by atoms with E-state index in [1.165, 1.54) is 43.5 Å². The fourth-order valence-electron chi connectivity index (χ4n) is 9.01. The minimum absolute atomic E-state index is 0.0177. The second kappa shape index (κ2) is 40.3. The van der Waals surface area contributed by atoms with E-state index in [-0.39, 0.29) is 72.4 Å². The summed E-state index contributed by atoms with van der Waals surface area (Å²) in [6.07, 6.45) is 11.4. The molecule has 81 heavy (non-hydrogen) atoms. The maximum Gasteiger partial charge on any atom is 0.251 e. The number of carbonyl (C=O) groups is 8. The molecule has 3 aromatic rings. The van der Waals surface area contributed by atoms with E-state index < -0.39 is 17.4 Å². The summed E-state index contributed by atoms with van der Waals surface area (Å²) in [6, 6.07) is 16.1. The molecule has 3 aromatic carbocycles. The SMILES string of the molecule is C=O.CC.CC(C)C.CN.CNC(C)C(=O)NCC(=O)N1CCCC1.CNCC(=O)NC(C(=O)N1CC(NC(=O)c2cccc(C(N)=O)c2)CC1C)C(C)(C)C.O=CNC1CCCc2cc(O)ccc21.Oc1ccc2c(c1)CCCC2. The minimum Gasteiger partial charge on any atom is -0.508 e. The van der Waals surface area contributed by atoms with Crippen LogP contribution in [0.1, 0.15) is 163 Å². The molecule has 2 saturated heterocycles. The third-order valence-corrected chi connectivity index (χ3v) is 13.1. The Bertz CT molecular complexity index is 2370. The van der Waals surface area contributed by atoms with Gasteiger partial charge < -0.3 is 68.2 Å². The molecule has 5 unspecified atom stereocenters. The molecule has 0 aromatic heterocycles. The number of fused-ring (bicyclic) bond motifs is 2. The average Bonchev–Trinajstić information content (AvgIpc) is 4.14. The number of phenolic OH excluding ortho intramolecular Hbond substituents is 2. The van der Waals surface area contributed by atoms with Gasteiger partial charge >= 0.3 is 0 Å². The summed E-state index contributed by atoms with van der Waals surface area (Å²) in [7, 11) is 4.88. The number of likely N-dealkylation sites (tertiary alicyclic amines) is 2. The zero-order valence-corrected chi connectivity index (χ0v) is 50.8. The maximum atomic E-state index is 13.3. The number of carbonyl (C=O) groups excluding carboxylic acids is 8. The molecule has 0 saturated carbocycles. The number of benzene rings is 3. The summed E-state index contributed by atoms with van der Waals surface area (Å²) in [5, 5.41) is 35.3. The number of hydrogen-bond acceptors (Lipinski definition) is 13. The lowest BCUT2D eigenvalue weighted by Crippen LogP contribution is -2.56. The van der Waals surface area contributed by atoms with Crippen molar-refractivity contribution >= 4 is 48.6 Å². The molecule has 20 nitrogen and oxygen atoms in total. The largest absolute Gasteiger partial charge is 0.508 e. The summed E-state index contributed by atoms with van der Waals surface area (Å²) in [6.45, 7) is 24.1. The lowest BCUT2D eigenvalue weighted by molar-refractivity contribution is -0.139. The normalized spacial score (nSPS) is 17.0.